The number of carbonyl (C=O) groups excluding carboxylic acids is 4. The summed E-state index contributed by atoms with van der Waals surface area (Å²) >= 11 is 6.48. The molecule has 2 saturated heterocycles. The normalized spacial score (nSPS) is 23.5. The van der Waals surface area contributed by atoms with E-state index in [0.29, 0.717) is 16.3 Å². The molecule has 0 radical (unpaired) electrons. The number of hydrogen-bond acceptors (Lipinski definition) is 7. The maximum atomic E-state index is 14.1. The van der Waals surface area contributed by atoms with Gasteiger partial charge in [-0.15, -0.1) is 0 Å². The first-order chi connectivity index (χ1) is 17.8. The van der Waals surface area contributed by atoms with Crippen LogP contribution in [0.1, 0.15) is 32.4 Å². The van der Waals surface area contributed by atoms with E-state index in [1.807, 2.05) is 0 Å². The number of hydrogen-bond donors (Lipinski definition) is 0. The van der Waals surface area contributed by atoms with Crippen LogP contribution in [0.2, 0.25) is 5.02 Å². The van der Waals surface area contributed by atoms with Crippen molar-refractivity contribution in [2.24, 2.45) is 11.8 Å². The maximum Gasteiger partial charge on any atom is 0.241 e. The topological polar surface area (TPSA) is 99.2 Å². The number of benzene rings is 3. The fourth-order valence-electron chi connectivity index (χ4n) is 5.71. The molecule has 3 aromatic carbocycles. The van der Waals surface area contributed by atoms with E-state index in [-0.39, 0.29) is 22.6 Å². The molecule has 6 rings (SSSR count). The van der Waals surface area contributed by atoms with Crippen molar-refractivity contribution < 1.29 is 33.4 Å². The number of fused-ring (bicyclic) bond motifs is 3. The molecule has 2 heterocycles. The van der Waals surface area contributed by atoms with Gasteiger partial charge in [0.2, 0.25) is 29.0 Å². The number of halogens is 1. The van der Waals surface area contributed by atoms with E-state index in [4.69, 9.17) is 25.8 Å². The van der Waals surface area contributed by atoms with Crippen LogP contribution in [0.5, 0.6) is 11.5 Å². The number of imide groups is 1. The van der Waals surface area contributed by atoms with Crippen LogP contribution in [0.25, 0.3) is 0 Å². The number of rotatable bonds is 4. The van der Waals surface area contributed by atoms with Gasteiger partial charge >= 0.3 is 0 Å². The number of carbonyl (C=O) groups is 4. The maximum absolute atomic E-state index is 14.1. The van der Waals surface area contributed by atoms with Crippen molar-refractivity contribution in [2.75, 3.05) is 19.1 Å². The van der Waals surface area contributed by atoms with Crippen LogP contribution in [0.15, 0.2) is 66.7 Å². The number of methoxy groups -OCH3 is 2. The third-order valence-corrected chi connectivity index (χ3v) is 7.70. The molecule has 186 valence electrons. The highest BCUT2D eigenvalue weighted by Crippen LogP contribution is 2.58. The van der Waals surface area contributed by atoms with Crippen LogP contribution in [0, 0.1) is 11.8 Å². The van der Waals surface area contributed by atoms with Crippen LogP contribution < -0.4 is 14.4 Å². The highest BCUT2D eigenvalue weighted by atomic mass is 35.5. The molecular formula is C28H20ClNO7. The molecule has 37 heavy (non-hydrogen) atoms. The molecule has 0 N–H and O–H groups in total. The van der Waals surface area contributed by atoms with E-state index >= 15 is 0 Å². The minimum Gasteiger partial charge on any atom is -0.497 e. The van der Waals surface area contributed by atoms with Gasteiger partial charge < -0.3 is 14.2 Å². The number of ether oxygens (including phenoxy) is 3. The third kappa shape index (κ3) is 3.00. The summed E-state index contributed by atoms with van der Waals surface area (Å²) in [5.74, 6) is -4.48. The largest absolute Gasteiger partial charge is 0.497 e. The van der Waals surface area contributed by atoms with Crippen LogP contribution in [0.4, 0.5) is 5.69 Å². The van der Waals surface area contributed by atoms with Gasteiger partial charge in [-0.3, -0.25) is 19.2 Å². The molecule has 9 heteroatoms. The van der Waals surface area contributed by atoms with Crippen LogP contribution in [0.3, 0.4) is 0 Å². The smallest absolute Gasteiger partial charge is 0.241 e. The lowest BCUT2D eigenvalue weighted by molar-refractivity contribution is -0.127. The lowest BCUT2D eigenvalue weighted by Crippen LogP contribution is -2.51. The van der Waals surface area contributed by atoms with Crippen molar-refractivity contribution in [3.8, 4) is 11.5 Å². The Balaban J connectivity index is 1.56. The lowest BCUT2D eigenvalue weighted by Gasteiger charge is -2.28. The van der Waals surface area contributed by atoms with Gasteiger partial charge in [-0.05, 0) is 18.2 Å². The molecule has 0 saturated carbocycles. The summed E-state index contributed by atoms with van der Waals surface area (Å²) in [5, 5.41) is 0.291. The molecule has 3 aliphatic rings. The number of ketones is 2. The predicted molar refractivity (Wildman–Crippen MR) is 132 cm³/mol. The third-order valence-electron chi connectivity index (χ3n) is 7.36. The summed E-state index contributed by atoms with van der Waals surface area (Å²) in [6.45, 7) is 0. The molecule has 3 atom stereocenters. The molecule has 1 spiro atoms. The van der Waals surface area contributed by atoms with Gasteiger partial charge in [-0.1, -0.05) is 54.1 Å². The number of anilines is 1. The summed E-state index contributed by atoms with van der Waals surface area (Å²) in [4.78, 5) is 56.7. The van der Waals surface area contributed by atoms with Gasteiger partial charge in [-0.2, -0.15) is 0 Å². The molecule has 0 bridgehead atoms. The Bertz CT molecular complexity index is 1480. The highest BCUT2D eigenvalue weighted by Gasteiger charge is 2.75. The zero-order valence-corrected chi connectivity index (χ0v) is 20.5. The Labute approximate surface area is 216 Å². The predicted octanol–water partition coefficient (Wildman–Crippen LogP) is 4.05. The van der Waals surface area contributed by atoms with Crippen molar-refractivity contribution in [1.82, 2.24) is 0 Å². The second-order valence-corrected chi connectivity index (χ2v) is 9.46. The first-order valence-corrected chi connectivity index (χ1v) is 11.9. The monoisotopic (exact) mass is 517 g/mol. The molecule has 1 aliphatic carbocycles. The average Bonchev–Trinajstić information content (AvgIpc) is 3.48. The Kier molecular flexibility index (Phi) is 5.22. The molecule has 3 aromatic rings. The molecule has 2 amide bonds. The van der Waals surface area contributed by atoms with E-state index in [2.05, 4.69) is 0 Å². The summed E-state index contributed by atoms with van der Waals surface area (Å²) in [7, 11) is 2.89. The summed E-state index contributed by atoms with van der Waals surface area (Å²) < 4.78 is 17.0. The second kappa shape index (κ2) is 8.26. The number of amides is 2. The van der Waals surface area contributed by atoms with E-state index in [0.717, 1.165) is 4.90 Å². The Morgan fingerprint density at radius 1 is 0.838 bits per heavy atom. The lowest BCUT2D eigenvalue weighted by atomic mass is 9.77. The molecule has 8 nitrogen and oxygen atoms in total. The second-order valence-electron chi connectivity index (χ2n) is 9.05. The van der Waals surface area contributed by atoms with Crippen LogP contribution in [-0.2, 0) is 14.3 Å². The van der Waals surface area contributed by atoms with Crippen LogP contribution >= 0.6 is 11.6 Å². The van der Waals surface area contributed by atoms with Gasteiger partial charge in [0.15, 0.2) is 0 Å². The van der Waals surface area contributed by atoms with E-state index in [9.17, 15) is 19.2 Å². The van der Waals surface area contributed by atoms with E-state index in [1.165, 1.54) is 32.4 Å². The van der Waals surface area contributed by atoms with Crippen molar-refractivity contribution >= 4 is 40.7 Å². The highest BCUT2D eigenvalue weighted by molar-refractivity contribution is 6.37. The van der Waals surface area contributed by atoms with Crippen LogP contribution in [-0.4, -0.2) is 43.2 Å². The Morgan fingerprint density at radius 2 is 1.49 bits per heavy atom. The minimum atomic E-state index is -2.18. The standard InChI is InChI=1S/C28H20ClNO7/c1-35-14-11-12-19(20(13-14)36-2)30-26(33)21-22(27(30)34)28(37-23(21)17-9-5-6-10-18(17)29)24(31)15-7-3-4-8-16(15)25(28)32/h3-13,21-23H,1-2H3/t21-,22+,23+/m1/s1. The number of nitrogens with zero attached hydrogens (tertiary/aromatic N) is 1. The van der Waals surface area contributed by atoms with E-state index in [1.54, 1.807) is 48.5 Å². The van der Waals surface area contributed by atoms with Crippen molar-refractivity contribution in [3.63, 3.8) is 0 Å². The molecule has 0 aromatic heterocycles. The quantitative estimate of drug-likeness (QED) is 0.380. The average molecular weight is 518 g/mol. The first kappa shape index (κ1) is 23.4. The summed E-state index contributed by atoms with van der Waals surface area (Å²) in [6.07, 6.45) is -1.10. The van der Waals surface area contributed by atoms with E-state index < -0.39 is 46.9 Å². The summed E-state index contributed by atoms with van der Waals surface area (Å²) in [6, 6.07) is 17.7. The Hall–Kier alpha value is -4.01. The molecule has 0 unspecified atom stereocenters. The SMILES string of the molecule is COc1ccc(N2C(=O)[C@@H]3[C@@H](C2=O)C2(O[C@H]3c3ccccc3Cl)C(=O)c3ccccc3C2=O)c(OC)c1. The zero-order valence-electron chi connectivity index (χ0n) is 19.8. The van der Waals surface area contributed by atoms with Gasteiger partial charge in [0.25, 0.3) is 0 Å². The molecular weight excluding hydrogens is 498 g/mol. The molecule has 2 fully saturated rings. The van der Waals surface area contributed by atoms with Gasteiger partial charge in [-0.25, -0.2) is 4.90 Å². The van der Waals surface area contributed by atoms with Gasteiger partial charge in [0.1, 0.15) is 11.5 Å². The Morgan fingerprint density at radius 3 is 2.11 bits per heavy atom. The summed E-state index contributed by atoms with van der Waals surface area (Å²) in [5.41, 5.74) is -1.27. The first-order valence-electron chi connectivity index (χ1n) is 11.6. The molecule has 2 aliphatic heterocycles. The zero-order chi connectivity index (χ0) is 26.1. The van der Waals surface area contributed by atoms with Crippen molar-refractivity contribution in [2.45, 2.75) is 11.7 Å². The van der Waals surface area contributed by atoms with Gasteiger partial charge in [0, 0.05) is 27.8 Å². The minimum absolute atomic E-state index is 0.159. The number of Topliss-reactive ketones (excluding diaryl/α,β-unsaturated/α-hetero) is 2. The fourth-order valence-corrected chi connectivity index (χ4v) is 5.96. The fraction of sp³-hybridized carbons (Fsp3) is 0.214. The van der Waals surface area contributed by atoms with Crippen molar-refractivity contribution in [1.29, 1.82) is 0 Å². The van der Waals surface area contributed by atoms with Gasteiger partial charge in [0.05, 0.1) is 37.8 Å². The van der Waals surface area contributed by atoms with Crippen molar-refractivity contribution in [3.05, 3.63) is 88.4 Å².